The molecule has 2 aromatic heterocycles. The summed E-state index contributed by atoms with van der Waals surface area (Å²) in [5.74, 6) is 0.832. The van der Waals surface area contributed by atoms with Gasteiger partial charge in [-0.25, -0.2) is 4.99 Å². The summed E-state index contributed by atoms with van der Waals surface area (Å²) in [5.41, 5.74) is 5.68. The van der Waals surface area contributed by atoms with Crippen molar-refractivity contribution in [1.82, 2.24) is 9.88 Å². The normalized spacial score (nSPS) is 14.6. The number of rotatable bonds is 1. The average Bonchev–Trinajstić information content (AvgIpc) is 3.75. The fourth-order valence-electron chi connectivity index (χ4n) is 8.90. The Morgan fingerprint density at radius 2 is 1.10 bits per heavy atom. The van der Waals surface area contributed by atoms with Crippen LogP contribution in [0.3, 0.4) is 0 Å². The molecule has 0 spiro atoms. The van der Waals surface area contributed by atoms with Crippen molar-refractivity contribution in [2.45, 2.75) is 6.04 Å². The van der Waals surface area contributed by atoms with Crippen molar-refractivity contribution in [3.05, 3.63) is 175 Å². The Hall–Kier alpha value is -6.49. The molecule has 1 N–H and O–H groups in total. The van der Waals surface area contributed by atoms with Crippen LogP contribution >= 0.6 is 11.3 Å². The first-order valence-electron chi connectivity index (χ1n) is 17.8. The number of fused-ring (bicyclic) bond motifs is 15. The van der Waals surface area contributed by atoms with E-state index in [0.717, 1.165) is 22.7 Å². The van der Waals surface area contributed by atoms with Crippen molar-refractivity contribution in [2.75, 3.05) is 0 Å². The van der Waals surface area contributed by atoms with E-state index in [-0.39, 0.29) is 6.04 Å². The van der Waals surface area contributed by atoms with Crippen molar-refractivity contribution in [3.8, 4) is 0 Å². The standard InChI is InChI=1S/C48H29N3S/c1-2-12-30-28(11-1)21-23-42-46(30)40-26-37-33-15-5-3-13-31(33)32-14-4-6-16-34(32)38(37)27-43(40)51(42)48-49-41-19-9-7-18-36(41)47(50-48)29-22-24-45-39(25-29)35-17-8-10-20-44(35)52-45/h1-27,47H,(H,49,50). The van der Waals surface area contributed by atoms with Crippen LogP contribution in [0, 0.1) is 0 Å². The molecule has 0 fully saturated rings. The van der Waals surface area contributed by atoms with Gasteiger partial charge >= 0.3 is 0 Å². The van der Waals surface area contributed by atoms with E-state index in [1.165, 1.54) is 85.2 Å². The highest BCUT2D eigenvalue weighted by atomic mass is 32.1. The molecular weight excluding hydrogens is 651 g/mol. The highest BCUT2D eigenvalue weighted by Gasteiger charge is 2.28. The maximum absolute atomic E-state index is 5.41. The molecule has 9 aromatic carbocycles. The summed E-state index contributed by atoms with van der Waals surface area (Å²) < 4.78 is 5.00. The molecule has 0 radical (unpaired) electrons. The van der Waals surface area contributed by atoms with Gasteiger partial charge in [-0.1, -0.05) is 121 Å². The maximum Gasteiger partial charge on any atom is 0.209 e. The van der Waals surface area contributed by atoms with Gasteiger partial charge in [-0.2, -0.15) is 0 Å². The van der Waals surface area contributed by atoms with Gasteiger partial charge in [-0.3, -0.25) is 4.57 Å². The highest BCUT2D eigenvalue weighted by molar-refractivity contribution is 7.25. The molecule has 0 amide bonds. The summed E-state index contributed by atoms with van der Waals surface area (Å²) in [6.45, 7) is 0. The SMILES string of the molecule is c1ccc2c(c1)N=C(n1c3cc4c5ccccc5c5ccccc5c4cc3c3c4ccccc4ccc31)NC2c1ccc2sc3ccccc3c2c1. The molecule has 1 aliphatic heterocycles. The smallest absolute Gasteiger partial charge is 0.209 e. The van der Waals surface area contributed by atoms with Crippen molar-refractivity contribution < 1.29 is 0 Å². The number of hydrogen-bond donors (Lipinski definition) is 1. The lowest BCUT2D eigenvalue weighted by Gasteiger charge is -2.28. The molecule has 0 aliphatic carbocycles. The Morgan fingerprint density at radius 1 is 0.462 bits per heavy atom. The van der Waals surface area contributed by atoms with Gasteiger partial charge in [0.25, 0.3) is 0 Å². The highest BCUT2D eigenvalue weighted by Crippen LogP contribution is 2.44. The molecule has 1 aliphatic rings. The summed E-state index contributed by atoms with van der Waals surface area (Å²) in [5, 5.41) is 19.2. The molecule has 4 heteroatoms. The first-order valence-corrected chi connectivity index (χ1v) is 18.6. The molecule has 3 heterocycles. The molecule has 12 rings (SSSR count). The molecule has 52 heavy (non-hydrogen) atoms. The molecule has 0 saturated carbocycles. The third kappa shape index (κ3) is 3.87. The molecule has 1 unspecified atom stereocenters. The Bertz CT molecular complexity index is 3350. The van der Waals surface area contributed by atoms with Gasteiger partial charge in [-0.05, 0) is 91.1 Å². The van der Waals surface area contributed by atoms with Crippen LogP contribution in [0.25, 0.3) is 85.1 Å². The van der Waals surface area contributed by atoms with Gasteiger partial charge in [0.1, 0.15) is 0 Å². The van der Waals surface area contributed by atoms with Crippen LogP contribution in [-0.2, 0) is 0 Å². The molecule has 0 saturated heterocycles. The van der Waals surface area contributed by atoms with E-state index in [1.807, 2.05) is 11.3 Å². The zero-order chi connectivity index (χ0) is 33.9. The van der Waals surface area contributed by atoms with E-state index in [4.69, 9.17) is 4.99 Å². The largest absolute Gasteiger partial charge is 0.344 e. The lowest BCUT2D eigenvalue weighted by atomic mass is 9.93. The second-order valence-electron chi connectivity index (χ2n) is 13.9. The topological polar surface area (TPSA) is 29.3 Å². The van der Waals surface area contributed by atoms with Crippen molar-refractivity contribution in [3.63, 3.8) is 0 Å². The number of nitrogens with one attached hydrogen (secondary N) is 1. The number of hydrogen-bond acceptors (Lipinski definition) is 3. The van der Waals surface area contributed by atoms with E-state index in [2.05, 4.69) is 174 Å². The minimum Gasteiger partial charge on any atom is -0.344 e. The van der Waals surface area contributed by atoms with E-state index < -0.39 is 0 Å². The third-order valence-corrected chi connectivity index (χ3v) is 12.4. The van der Waals surface area contributed by atoms with Gasteiger partial charge in [0.15, 0.2) is 0 Å². The Labute approximate surface area is 302 Å². The number of aliphatic imine (C=N–C) groups is 1. The van der Waals surface area contributed by atoms with Crippen LogP contribution < -0.4 is 5.32 Å². The van der Waals surface area contributed by atoms with E-state index in [9.17, 15) is 0 Å². The van der Waals surface area contributed by atoms with Crippen LogP contribution in [0.15, 0.2) is 169 Å². The molecular formula is C48H29N3S. The minimum atomic E-state index is -0.0788. The number of aromatic nitrogens is 1. The van der Waals surface area contributed by atoms with Gasteiger partial charge in [-0.15, -0.1) is 11.3 Å². The summed E-state index contributed by atoms with van der Waals surface area (Å²) in [4.78, 5) is 5.41. The molecule has 1 atom stereocenters. The van der Waals surface area contributed by atoms with E-state index >= 15 is 0 Å². The average molecular weight is 680 g/mol. The summed E-state index contributed by atoms with van der Waals surface area (Å²) in [6, 6.07) is 60.0. The zero-order valence-electron chi connectivity index (χ0n) is 28.0. The monoisotopic (exact) mass is 679 g/mol. The Balaban J connectivity index is 1.17. The summed E-state index contributed by atoms with van der Waals surface area (Å²) in [6.07, 6.45) is 0. The predicted molar refractivity (Wildman–Crippen MR) is 223 cm³/mol. The first kappa shape index (κ1) is 28.2. The zero-order valence-corrected chi connectivity index (χ0v) is 28.8. The van der Waals surface area contributed by atoms with Crippen LogP contribution in [-0.4, -0.2) is 10.5 Å². The Morgan fingerprint density at radius 3 is 1.90 bits per heavy atom. The number of thiophene rings is 1. The lowest BCUT2D eigenvalue weighted by Crippen LogP contribution is -2.36. The molecule has 0 bridgehead atoms. The third-order valence-electron chi connectivity index (χ3n) is 11.2. The van der Waals surface area contributed by atoms with Crippen LogP contribution in [0.1, 0.15) is 17.2 Å². The van der Waals surface area contributed by atoms with Gasteiger partial charge in [0.2, 0.25) is 5.96 Å². The van der Waals surface area contributed by atoms with Crippen LogP contribution in [0.5, 0.6) is 0 Å². The number of nitrogens with zero attached hydrogens (tertiary/aromatic N) is 2. The van der Waals surface area contributed by atoms with Gasteiger partial charge in [0, 0.05) is 36.5 Å². The fraction of sp³-hybridized carbons (Fsp3) is 0.0208. The summed E-state index contributed by atoms with van der Waals surface area (Å²) >= 11 is 1.86. The summed E-state index contributed by atoms with van der Waals surface area (Å²) in [7, 11) is 0. The van der Waals surface area contributed by atoms with Gasteiger partial charge in [0.05, 0.1) is 22.8 Å². The lowest BCUT2D eigenvalue weighted by molar-refractivity contribution is 0.732. The van der Waals surface area contributed by atoms with Crippen molar-refractivity contribution in [1.29, 1.82) is 0 Å². The van der Waals surface area contributed by atoms with Gasteiger partial charge < -0.3 is 5.32 Å². The quantitative estimate of drug-likeness (QED) is 0.172. The molecule has 242 valence electrons. The minimum absolute atomic E-state index is 0.0788. The second-order valence-corrected chi connectivity index (χ2v) is 15.0. The predicted octanol–water partition coefficient (Wildman–Crippen LogP) is 13.0. The second kappa shape index (κ2) is 10.5. The van der Waals surface area contributed by atoms with Crippen LogP contribution in [0.4, 0.5) is 5.69 Å². The van der Waals surface area contributed by atoms with E-state index in [1.54, 1.807) is 0 Å². The Kier molecular flexibility index (Phi) is 5.71. The maximum atomic E-state index is 5.41. The molecule has 11 aromatic rings. The number of benzene rings is 9. The fourth-order valence-corrected chi connectivity index (χ4v) is 9.99. The molecule has 3 nitrogen and oxygen atoms in total. The van der Waals surface area contributed by atoms with E-state index in [0.29, 0.717) is 0 Å². The number of para-hydroxylation sites is 1. The van der Waals surface area contributed by atoms with Crippen molar-refractivity contribution in [2.24, 2.45) is 4.99 Å². The first-order chi connectivity index (χ1) is 25.8. The van der Waals surface area contributed by atoms with Crippen LogP contribution in [0.2, 0.25) is 0 Å². The van der Waals surface area contributed by atoms with Crippen molar-refractivity contribution >= 4 is 108 Å².